The molecule has 1 aromatic heterocycles. The van der Waals surface area contributed by atoms with Crippen molar-refractivity contribution in [3.63, 3.8) is 0 Å². The number of amides is 1. The van der Waals surface area contributed by atoms with Gasteiger partial charge >= 0.3 is 5.97 Å². The Morgan fingerprint density at radius 2 is 1.90 bits per heavy atom. The van der Waals surface area contributed by atoms with Crippen molar-refractivity contribution in [1.29, 1.82) is 0 Å². The lowest BCUT2D eigenvalue weighted by molar-refractivity contribution is -0.145. The van der Waals surface area contributed by atoms with E-state index in [0.717, 1.165) is 9.21 Å². The number of carbonyl (C=O) groups is 2. The van der Waals surface area contributed by atoms with Crippen molar-refractivity contribution < 1.29 is 14.7 Å². The molecule has 1 amide bonds. The molecule has 0 unspecified atom stereocenters. The van der Waals surface area contributed by atoms with Crippen molar-refractivity contribution in [3.8, 4) is 0 Å². The molecule has 1 aliphatic carbocycles. The van der Waals surface area contributed by atoms with Gasteiger partial charge in [-0.3, -0.25) is 9.59 Å². The molecule has 0 atom stereocenters. The van der Waals surface area contributed by atoms with Gasteiger partial charge in [0.25, 0.3) is 0 Å². The third-order valence-corrected chi connectivity index (χ3v) is 5.31. The molecule has 1 heterocycles. The fourth-order valence-corrected chi connectivity index (χ4v) is 3.92. The summed E-state index contributed by atoms with van der Waals surface area (Å²) >= 11 is 7.41. The van der Waals surface area contributed by atoms with E-state index in [2.05, 4.69) is 0 Å². The lowest BCUT2D eigenvalue weighted by Gasteiger charge is -2.30. The first-order valence-electron chi connectivity index (χ1n) is 7.27. The van der Waals surface area contributed by atoms with E-state index in [-0.39, 0.29) is 17.7 Å². The van der Waals surface area contributed by atoms with E-state index in [9.17, 15) is 9.59 Å². The summed E-state index contributed by atoms with van der Waals surface area (Å²) < 4.78 is 0.732. The molecule has 1 aromatic rings. The summed E-state index contributed by atoms with van der Waals surface area (Å²) in [5.41, 5.74) is 0. The van der Waals surface area contributed by atoms with Gasteiger partial charge in [0, 0.05) is 17.3 Å². The van der Waals surface area contributed by atoms with Gasteiger partial charge in [-0.2, -0.15) is 0 Å². The van der Waals surface area contributed by atoms with Crippen LogP contribution in [0, 0.1) is 11.8 Å². The number of hydrogen-bond donors (Lipinski definition) is 1. The number of carboxylic acid groups (broad SMARTS) is 1. The van der Waals surface area contributed by atoms with E-state index in [1.165, 1.54) is 11.3 Å². The first kappa shape index (κ1) is 16.3. The summed E-state index contributed by atoms with van der Waals surface area (Å²) in [5, 5.41) is 9.01. The monoisotopic (exact) mass is 329 g/mol. The van der Waals surface area contributed by atoms with Gasteiger partial charge in [0.2, 0.25) is 5.91 Å². The second-order valence-corrected chi connectivity index (χ2v) is 7.24. The molecule has 6 heteroatoms. The van der Waals surface area contributed by atoms with E-state index < -0.39 is 5.97 Å². The summed E-state index contributed by atoms with van der Waals surface area (Å²) in [7, 11) is 0. The molecule has 0 spiro atoms. The minimum atomic E-state index is -0.735. The normalized spacial score (nSPS) is 22.0. The molecule has 1 saturated carbocycles. The number of hydrogen-bond acceptors (Lipinski definition) is 3. The standard InChI is InChI=1S/C15H20ClNO3S/c1-2-17(9-12-7-8-13(16)21-12)14(18)10-3-5-11(6-4-10)15(19)20/h7-8,10-11H,2-6,9H2,1H3,(H,19,20). The van der Waals surface area contributed by atoms with Crippen molar-refractivity contribution in [2.45, 2.75) is 39.2 Å². The largest absolute Gasteiger partial charge is 0.481 e. The lowest BCUT2D eigenvalue weighted by Crippen LogP contribution is -2.37. The topological polar surface area (TPSA) is 57.6 Å². The predicted octanol–water partition coefficient (Wildman–Crippen LogP) is 3.64. The molecular weight excluding hydrogens is 310 g/mol. The quantitative estimate of drug-likeness (QED) is 0.897. The van der Waals surface area contributed by atoms with Crippen molar-refractivity contribution in [2.24, 2.45) is 11.8 Å². The van der Waals surface area contributed by atoms with Crippen molar-refractivity contribution in [3.05, 3.63) is 21.3 Å². The summed E-state index contributed by atoms with van der Waals surface area (Å²) in [4.78, 5) is 26.4. The van der Waals surface area contributed by atoms with Gasteiger partial charge in [0.1, 0.15) is 0 Å². The highest BCUT2D eigenvalue weighted by Gasteiger charge is 2.31. The molecule has 116 valence electrons. The number of nitrogens with zero attached hydrogens (tertiary/aromatic N) is 1. The second kappa shape index (κ2) is 7.27. The van der Waals surface area contributed by atoms with Crippen LogP contribution in [0.1, 0.15) is 37.5 Å². The van der Waals surface area contributed by atoms with Crippen LogP contribution in [0.5, 0.6) is 0 Å². The zero-order valence-electron chi connectivity index (χ0n) is 12.0. The SMILES string of the molecule is CCN(Cc1ccc(Cl)s1)C(=O)C1CCC(C(=O)O)CC1. The molecule has 0 aromatic carbocycles. The molecular formula is C15H20ClNO3S. The zero-order chi connectivity index (χ0) is 15.4. The molecule has 1 aliphatic rings. The average Bonchev–Trinajstić information content (AvgIpc) is 2.89. The molecule has 4 nitrogen and oxygen atoms in total. The molecule has 0 bridgehead atoms. The van der Waals surface area contributed by atoms with Crippen LogP contribution < -0.4 is 0 Å². The van der Waals surface area contributed by atoms with Gasteiger partial charge in [-0.15, -0.1) is 11.3 Å². The molecule has 0 saturated heterocycles. The average molecular weight is 330 g/mol. The van der Waals surface area contributed by atoms with Crippen molar-refractivity contribution >= 4 is 34.8 Å². The molecule has 0 radical (unpaired) electrons. The van der Waals surface area contributed by atoms with Gasteiger partial charge in [-0.25, -0.2) is 0 Å². The Balaban J connectivity index is 1.93. The number of carboxylic acids is 1. The minimum absolute atomic E-state index is 0.0315. The minimum Gasteiger partial charge on any atom is -0.481 e. The highest BCUT2D eigenvalue weighted by atomic mass is 35.5. The third-order valence-electron chi connectivity index (χ3n) is 4.09. The van der Waals surface area contributed by atoms with Gasteiger partial charge < -0.3 is 10.0 Å². The highest BCUT2D eigenvalue weighted by Crippen LogP contribution is 2.31. The van der Waals surface area contributed by atoms with Crippen LogP contribution in [0.3, 0.4) is 0 Å². The van der Waals surface area contributed by atoms with Gasteiger partial charge in [-0.1, -0.05) is 11.6 Å². The maximum Gasteiger partial charge on any atom is 0.306 e. The molecule has 1 fully saturated rings. The van der Waals surface area contributed by atoms with Crippen LogP contribution in [-0.2, 0) is 16.1 Å². The number of rotatable bonds is 5. The predicted molar refractivity (Wildman–Crippen MR) is 83.5 cm³/mol. The van der Waals surface area contributed by atoms with Crippen LogP contribution in [-0.4, -0.2) is 28.4 Å². The van der Waals surface area contributed by atoms with E-state index in [1.54, 1.807) is 0 Å². The Hall–Kier alpha value is -1.07. The van der Waals surface area contributed by atoms with Crippen LogP contribution in [0.4, 0.5) is 0 Å². The smallest absolute Gasteiger partial charge is 0.306 e. The summed E-state index contributed by atoms with van der Waals surface area (Å²) in [5.74, 6) is -0.899. The number of thiophene rings is 1. The number of carbonyl (C=O) groups excluding carboxylic acids is 1. The molecule has 21 heavy (non-hydrogen) atoms. The maximum absolute atomic E-state index is 12.6. The lowest BCUT2D eigenvalue weighted by atomic mass is 9.81. The van der Waals surface area contributed by atoms with Crippen LogP contribution in [0.2, 0.25) is 4.34 Å². The summed E-state index contributed by atoms with van der Waals surface area (Å²) in [6.45, 7) is 3.22. The van der Waals surface area contributed by atoms with Crippen LogP contribution >= 0.6 is 22.9 Å². The third kappa shape index (κ3) is 4.20. The van der Waals surface area contributed by atoms with E-state index in [0.29, 0.717) is 38.8 Å². The Morgan fingerprint density at radius 1 is 1.29 bits per heavy atom. The second-order valence-electron chi connectivity index (χ2n) is 5.45. The van der Waals surface area contributed by atoms with Gasteiger partial charge in [-0.05, 0) is 44.7 Å². The van der Waals surface area contributed by atoms with Gasteiger partial charge in [0.15, 0.2) is 0 Å². The van der Waals surface area contributed by atoms with E-state index in [1.807, 2.05) is 24.0 Å². The summed E-state index contributed by atoms with van der Waals surface area (Å²) in [6.07, 6.45) is 2.57. The molecule has 1 N–H and O–H groups in total. The molecule has 0 aliphatic heterocycles. The first-order chi connectivity index (χ1) is 10.0. The van der Waals surface area contributed by atoms with E-state index >= 15 is 0 Å². The zero-order valence-corrected chi connectivity index (χ0v) is 13.6. The van der Waals surface area contributed by atoms with Crippen LogP contribution in [0.25, 0.3) is 0 Å². The van der Waals surface area contributed by atoms with E-state index in [4.69, 9.17) is 16.7 Å². The Morgan fingerprint density at radius 3 is 2.38 bits per heavy atom. The number of halogens is 1. The fourth-order valence-electron chi connectivity index (χ4n) is 2.82. The first-order valence-corrected chi connectivity index (χ1v) is 8.46. The van der Waals surface area contributed by atoms with Crippen LogP contribution in [0.15, 0.2) is 12.1 Å². The van der Waals surface area contributed by atoms with Gasteiger partial charge in [0.05, 0.1) is 16.8 Å². The summed E-state index contributed by atoms with van der Waals surface area (Å²) in [6, 6.07) is 3.79. The maximum atomic E-state index is 12.6. The Bertz CT molecular complexity index is 509. The molecule has 2 rings (SSSR count). The Kier molecular flexibility index (Phi) is 5.65. The number of aliphatic carboxylic acids is 1. The Labute approximate surface area is 133 Å². The highest BCUT2D eigenvalue weighted by molar-refractivity contribution is 7.16. The van der Waals surface area contributed by atoms with Crippen molar-refractivity contribution in [1.82, 2.24) is 4.90 Å². The fraction of sp³-hybridized carbons (Fsp3) is 0.600. The van der Waals surface area contributed by atoms with Crippen molar-refractivity contribution in [2.75, 3.05) is 6.54 Å².